The molecule has 0 fully saturated rings. The second-order valence-electron chi connectivity index (χ2n) is 2.74. The molecule has 0 N–H and O–H groups in total. The van der Waals surface area contributed by atoms with Crippen LogP contribution in [-0.4, -0.2) is 0 Å². The zero-order valence-electron chi connectivity index (χ0n) is 7.20. The molecule has 0 aliphatic heterocycles. The molecule has 0 atom stereocenters. The van der Waals surface area contributed by atoms with Gasteiger partial charge in [-0.05, 0) is 12.0 Å². The number of rotatable bonds is 2. The van der Waals surface area contributed by atoms with Gasteiger partial charge in [0.2, 0.25) is 0 Å². The van der Waals surface area contributed by atoms with Gasteiger partial charge in [0, 0.05) is 0 Å². The fourth-order valence-corrected chi connectivity index (χ4v) is 1.13. The summed E-state index contributed by atoms with van der Waals surface area (Å²) in [5.41, 5.74) is -0.364. The molecule has 0 saturated heterocycles. The molecule has 0 unspecified atom stereocenters. The molecule has 0 saturated carbocycles. The Kier molecular flexibility index (Phi) is 2.67. The van der Waals surface area contributed by atoms with Gasteiger partial charge in [-0.3, -0.25) is 0 Å². The van der Waals surface area contributed by atoms with Crippen LogP contribution < -0.4 is 0 Å². The maximum Gasteiger partial charge on any atom is 0.168 e. The predicted molar refractivity (Wildman–Crippen MR) is 49.3 cm³/mol. The van der Waals surface area contributed by atoms with E-state index in [2.05, 4.69) is 6.92 Å². The van der Waals surface area contributed by atoms with Crippen molar-refractivity contribution in [2.24, 2.45) is 0 Å². The predicted octanol–water partition coefficient (Wildman–Crippen LogP) is 2.20. The van der Waals surface area contributed by atoms with E-state index in [0.29, 0.717) is 0 Å². The average molecular weight is 169 g/mol. The van der Waals surface area contributed by atoms with Crippen LogP contribution in [-0.2, 0) is 5.41 Å². The Labute approximate surface area is 78.0 Å². The molecule has 0 aliphatic carbocycles. The van der Waals surface area contributed by atoms with Gasteiger partial charge in [0.05, 0.1) is 12.1 Å². The van der Waals surface area contributed by atoms with Gasteiger partial charge in [0.1, 0.15) is 0 Å². The van der Waals surface area contributed by atoms with E-state index in [9.17, 15) is 0 Å². The minimum Gasteiger partial charge on any atom is -0.196 e. The van der Waals surface area contributed by atoms with Gasteiger partial charge in [-0.2, -0.15) is 10.5 Å². The Morgan fingerprint density at radius 2 is 1.69 bits per heavy atom. The first-order valence-electron chi connectivity index (χ1n) is 3.96. The van der Waals surface area contributed by atoms with Crippen LogP contribution in [0.25, 0.3) is 0 Å². The first kappa shape index (κ1) is 9.29. The fourth-order valence-electron chi connectivity index (χ4n) is 1.13. The monoisotopic (exact) mass is 169 g/mol. The van der Waals surface area contributed by atoms with Gasteiger partial charge in [0.25, 0.3) is 0 Å². The lowest BCUT2D eigenvalue weighted by atomic mass is 9.81. The van der Waals surface area contributed by atoms with Crippen molar-refractivity contribution in [3.05, 3.63) is 42.8 Å². The molecule has 0 aromatic heterocycles. The van der Waals surface area contributed by atoms with Crippen LogP contribution in [0, 0.1) is 29.6 Å². The SMILES string of the molecule is [CH2]CC(C#N)(C#N)c1ccccc1. The molecule has 1 rings (SSSR count). The number of hydrogen-bond donors (Lipinski definition) is 0. The lowest BCUT2D eigenvalue weighted by molar-refractivity contribution is 0.711. The number of nitriles is 2. The molecule has 2 heteroatoms. The summed E-state index contributed by atoms with van der Waals surface area (Å²) in [5.74, 6) is 0. The summed E-state index contributed by atoms with van der Waals surface area (Å²) >= 11 is 0. The average Bonchev–Trinajstić information content (AvgIpc) is 2.23. The van der Waals surface area contributed by atoms with E-state index in [1.165, 1.54) is 0 Å². The molecule has 1 aromatic carbocycles. The Morgan fingerprint density at radius 1 is 1.15 bits per heavy atom. The summed E-state index contributed by atoms with van der Waals surface area (Å²) in [7, 11) is 0. The molecule has 2 nitrogen and oxygen atoms in total. The first-order chi connectivity index (χ1) is 6.29. The third kappa shape index (κ3) is 1.53. The molecule has 1 radical (unpaired) electrons. The highest BCUT2D eigenvalue weighted by Gasteiger charge is 2.29. The van der Waals surface area contributed by atoms with E-state index >= 15 is 0 Å². The van der Waals surface area contributed by atoms with Gasteiger partial charge in [-0.1, -0.05) is 37.3 Å². The van der Waals surface area contributed by atoms with Gasteiger partial charge >= 0.3 is 0 Å². The largest absolute Gasteiger partial charge is 0.196 e. The summed E-state index contributed by atoms with van der Waals surface area (Å²) in [6.07, 6.45) is 0.268. The summed E-state index contributed by atoms with van der Waals surface area (Å²) in [5, 5.41) is 17.8. The van der Waals surface area contributed by atoms with Crippen molar-refractivity contribution in [3.8, 4) is 12.1 Å². The van der Waals surface area contributed by atoms with Crippen LogP contribution in [0.1, 0.15) is 12.0 Å². The lowest BCUT2D eigenvalue weighted by Gasteiger charge is -2.15. The van der Waals surface area contributed by atoms with Gasteiger partial charge in [-0.15, -0.1) is 0 Å². The van der Waals surface area contributed by atoms with E-state index < -0.39 is 5.41 Å². The van der Waals surface area contributed by atoms with E-state index in [1.54, 1.807) is 12.1 Å². The van der Waals surface area contributed by atoms with Crippen molar-refractivity contribution in [2.75, 3.05) is 0 Å². The highest BCUT2D eigenvalue weighted by molar-refractivity contribution is 5.39. The summed E-state index contributed by atoms with van der Waals surface area (Å²) in [4.78, 5) is 0. The highest BCUT2D eigenvalue weighted by atomic mass is 14.4. The number of benzene rings is 1. The van der Waals surface area contributed by atoms with Crippen molar-refractivity contribution in [3.63, 3.8) is 0 Å². The molecular formula is C11H9N2. The molecule has 1 aromatic rings. The zero-order valence-corrected chi connectivity index (χ0v) is 7.20. The Bertz CT molecular complexity index is 340. The minimum atomic E-state index is -1.08. The van der Waals surface area contributed by atoms with Crippen molar-refractivity contribution in [1.82, 2.24) is 0 Å². The first-order valence-corrected chi connectivity index (χ1v) is 3.96. The molecule has 0 bridgehead atoms. The second-order valence-corrected chi connectivity index (χ2v) is 2.74. The standard InChI is InChI=1S/C11H9N2/c1-2-11(8-12,9-13)10-6-4-3-5-7-10/h3-7H,1-2H2. The van der Waals surface area contributed by atoms with Crippen molar-refractivity contribution in [2.45, 2.75) is 11.8 Å². The third-order valence-corrected chi connectivity index (χ3v) is 2.02. The van der Waals surface area contributed by atoms with Gasteiger partial charge in [-0.25, -0.2) is 0 Å². The summed E-state index contributed by atoms with van der Waals surface area (Å²) in [6, 6.07) is 13.0. The van der Waals surface area contributed by atoms with Crippen LogP contribution in [0.4, 0.5) is 0 Å². The molecule has 0 spiro atoms. The van der Waals surface area contributed by atoms with E-state index in [0.717, 1.165) is 5.56 Å². The summed E-state index contributed by atoms with van der Waals surface area (Å²) < 4.78 is 0. The quantitative estimate of drug-likeness (QED) is 0.681. The maximum absolute atomic E-state index is 8.92. The fraction of sp³-hybridized carbons (Fsp3) is 0.182. The van der Waals surface area contributed by atoms with Gasteiger partial charge in [0.15, 0.2) is 5.41 Å². The maximum atomic E-state index is 8.92. The van der Waals surface area contributed by atoms with Crippen molar-refractivity contribution >= 4 is 0 Å². The zero-order chi connectivity index (χ0) is 9.73. The van der Waals surface area contributed by atoms with E-state index in [-0.39, 0.29) is 6.42 Å². The molecule has 0 amide bonds. The number of nitrogens with zero attached hydrogens (tertiary/aromatic N) is 2. The van der Waals surface area contributed by atoms with Gasteiger partial charge < -0.3 is 0 Å². The number of hydrogen-bond acceptors (Lipinski definition) is 2. The summed E-state index contributed by atoms with van der Waals surface area (Å²) in [6.45, 7) is 3.63. The highest BCUT2D eigenvalue weighted by Crippen LogP contribution is 2.25. The Morgan fingerprint density at radius 3 is 2.08 bits per heavy atom. The van der Waals surface area contributed by atoms with Crippen LogP contribution in [0.3, 0.4) is 0 Å². The van der Waals surface area contributed by atoms with Crippen LogP contribution in [0.2, 0.25) is 0 Å². The molecule has 63 valence electrons. The van der Waals surface area contributed by atoms with Crippen LogP contribution in [0.5, 0.6) is 0 Å². The van der Waals surface area contributed by atoms with E-state index in [4.69, 9.17) is 10.5 Å². The Hall–Kier alpha value is -1.80. The normalized spacial score (nSPS) is 10.1. The van der Waals surface area contributed by atoms with Crippen molar-refractivity contribution < 1.29 is 0 Å². The second kappa shape index (κ2) is 3.74. The molecule has 13 heavy (non-hydrogen) atoms. The Balaban J connectivity index is 3.21. The molecule has 0 heterocycles. The molecular weight excluding hydrogens is 160 g/mol. The smallest absolute Gasteiger partial charge is 0.168 e. The van der Waals surface area contributed by atoms with E-state index in [1.807, 2.05) is 30.3 Å². The minimum absolute atomic E-state index is 0.268. The topological polar surface area (TPSA) is 47.6 Å². The third-order valence-electron chi connectivity index (χ3n) is 2.02. The van der Waals surface area contributed by atoms with Crippen molar-refractivity contribution in [1.29, 1.82) is 10.5 Å². The van der Waals surface area contributed by atoms with Crippen LogP contribution >= 0.6 is 0 Å². The molecule has 0 aliphatic rings. The lowest BCUT2D eigenvalue weighted by Crippen LogP contribution is -2.20. The van der Waals surface area contributed by atoms with Crippen LogP contribution in [0.15, 0.2) is 30.3 Å².